The van der Waals surface area contributed by atoms with Gasteiger partial charge < -0.3 is 20.9 Å². The van der Waals surface area contributed by atoms with Crippen LogP contribution in [-0.4, -0.2) is 29.0 Å². The predicted molar refractivity (Wildman–Crippen MR) is 91.5 cm³/mol. The van der Waals surface area contributed by atoms with Crippen LogP contribution < -0.4 is 20.9 Å². The molecule has 23 heavy (non-hydrogen) atoms. The molecule has 0 radical (unpaired) electrons. The summed E-state index contributed by atoms with van der Waals surface area (Å²) in [5.41, 5.74) is 12.6. The molecule has 1 aromatic heterocycles. The number of hydrogen-bond acceptors (Lipinski definition) is 7. The lowest BCUT2D eigenvalue weighted by molar-refractivity contribution is 0.295. The highest BCUT2D eigenvalue weighted by Crippen LogP contribution is 2.34. The first kappa shape index (κ1) is 16.8. The second kappa shape index (κ2) is 7.65. The summed E-state index contributed by atoms with van der Waals surface area (Å²) in [5, 5.41) is 10.1. The Labute approximate surface area is 142 Å². The summed E-state index contributed by atoms with van der Waals surface area (Å²) in [4.78, 5) is 7.92. The van der Waals surface area contributed by atoms with E-state index >= 15 is 0 Å². The Hall–Kier alpha value is -2.53. The topological polar surface area (TPSA) is 120 Å². The number of nitrogens with zero attached hydrogens (tertiary/aromatic N) is 3. The minimum absolute atomic E-state index is 0.00751. The Bertz CT molecular complexity index is 745. The molecule has 0 amide bonds. The summed E-state index contributed by atoms with van der Waals surface area (Å²) in [6, 6.07) is 7.26. The van der Waals surface area contributed by atoms with Gasteiger partial charge in [-0.25, -0.2) is 4.98 Å². The fourth-order valence-corrected chi connectivity index (χ4v) is 2.21. The number of nitriles is 1. The van der Waals surface area contributed by atoms with Crippen molar-refractivity contribution in [2.45, 2.75) is 6.42 Å². The molecule has 1 aromatic carbocycles. The van der Waals surface area contributed by atoms with Gasteiger partial charge in [0.25, 0.3) is 0 Å². The van der Waals surface area contributed by atoms with E-state index in [1.54, 1.807) is 25.3 Å². The molecule has 4 N–H and O–H groups in total. The molecule has 0 aliphatic carbocycles. The average molecular weight is 378 g/mol. The number of alkyl halides is 1. The molecule has 0 spiro atoms. The molecule has 7 nitrogen and oxygen atoms in total. The van der Waals surface area contributed by atoms with Gasteiger partial charge in [-0.15, -0.1) is 0 Å². The number of anilines is 2. The highest BCUT2D eigenvalue weighted by atomic mass is 79.9. The Balaban J connectivity index is 2.44. The molecule has 0 saturated carbocycles. The number of halogens is 1. The summed E-state index contributed by atoms with van der Waals surface area (Å²) in [5.74, 6) is 1.21. The number of methoxy groups -OCH3 is 1. The number of nitrogen functional groups attached to an aromatic ring is 2. The SMILES string of the molecule is COc1cc(-c2nc(N)nc(N)c2C#N)ccc1OCCCBr. The largest absolute Gasteiger partial charge is 0.493 e. The minimum Gasteiger partial charge on any atom is -0.493 e. The Morgan fingerprint density at radius 1 is 1.26 bits per heavy atom. The van der Waals surface area contributed by atoms with E-state index in [1.165, 1.54) is 0 Å². The van der Waals surface area contributed by atoms with Crippen LogP contribution in [0.4, 0.5) is 11.8 Å². The van der Waals surface area contributed by atoms with E-state index in [4.69, 9.17) is 20.9 Å². The van der Waals surface area contributed by atoms with Gasteiger partial charge in [0.05, 0.1) is 19.4 Å². The van der Waals surface area contributed by atoms with Crippen molar-refractivity contribution in [2.24, 2.45) is 0 Å². The zero-order valence-electron chi connectivity index (χ0n) is 12.5. The smallest absolute Gasteiger partial charge is 0.222 e. The van der Waals surface area contributed by atoms with E-state index in [0.29, 0.717) is 29.4 Å². The first-order valence-electron chi connectivity index (χ1n) is 6.81. The molecule has 0 atom stereocenters. The third kappa shape index (κ3) is 3.81. The van der Waals surface area contributed by atoms with E-state index < -0.39 is 0 Å². The van der Waals surface area contributed by atoms with Crippen LogP contribution in [0.1, 0.15) is 12.0 Å². The summed E-state index contributed by atoms with van der Waals surface area (Å²) < 4.78 is 11.0. The van der Waals surface area contributed by atoms with Crippen molar-refractivity contribution >= 4 is 27.7 Å². The van der Waals surface area contributed by atoms with Crippen LogP contribution in [0.5, 0.6) is 11.5 Å². The van der Waals surface area contributed by atoms with Crippen LogP contribution in [0.3, 0.4) is 0 Å². The van der Waals surface area contributed by atoms with Gasteiger partial charge >= 0.3 is 0 Å². The molecule has 2 aromatic rings. The van der Waals surface area contributed by atoms with E-state index in [1.807, 2.05) is 6.07 Å². The van der Waals surface area contributed by atoms with E-state index in [0.717, 1.165) is 11.8 Å². The van der Waals surface area contributed by atoms with Gasteiger partial charge in [-0.2, -0.15) is 10.2 Å². The maximum absolute atomic E-state index is 9.26. The normalized spacial score (nSPS) is 10.1. The van der Waals surface area contributed by atoms with Crippen LogP contribution in [0, 0.1) is 11.3 Å². The first-order valence-corrected chi connectivity index (χ1v) is 7.93. The number of nitrogens with two attached hydrogens (primary N) is 2. The third-order valence-corrected chi connectivity index (χ3v) is 3.60. The molecule has 8 heteroatoms. The van der Waals surface area contributed by atoms with Crippen molar-refractivity contribution in [3.63, 3.8) is 0 Å². The van der Waals surface area contributed by atoms with Gasteiger partial charge in [-0.05, 0) is 24.6 Å². The molecule has 0 unspecified atom stereocenters. The van der Waals surface area contributed by atoms with Gasteiger partial charge in [0, 0.05) is 10.9 Å². The fraction of sp³-hybridized carbons (Fsp3) is 0.267. The van der Waals surface area contributed by atoms with E-state index in [-0.39, 0.29) is 17.3 Å². The quantitative estimate of drug-likeness (QED) is 0.585. The molecular weight excluding hydrogens is 362 g/mol. The van der Waals surface area contributed by atoms with Crippen LogP contribution >= 0.6 is 15.9 Å². The minimum atomic E-state index is 0.00751. The standard InChI is InChI=1S/C15H16BrN5O2/c1-22-12-7-9(3-4-11(12)23-6-2-5-16)13-10(8-17)14(18)21-15(19)20-13/h3-4,7H,2,5-6H2,1H3,(H4,18,19,20,21). The second-order valence-corrected chi connectivity index (χ2v) is 5.35. The van der Waals surface area contributed by atoms with Gasteiger partial charge in [0.15, 0.2) is 11.5 Å². The maximum atomic E-state index is 9.26. The third-order valence-electron chi connectivity index (χ3n) is 3.04. The fourth-order valence-electron chi connectivity index (χ4n) is 1.99. The monoisotopic (exact) mass is 377 g/mol. The van der Waals surface area contributed by atoms with Gasteiger partial charge in [-0.1, -0.05) is 15.9 Å². The van der Waals surface area contributed by atoms with Crippen molar-refractivity contribution in [3.8, 4) is 28.8 Å². The van der Waals surface area contributed by atoms with Crippen LogP contribution in [0.15, 0.2) is 18.2 Å². The Morgan fingerprint density at radius 3 is 2.70 bits per heavy atom. The van der Waals surface area contributed by atoms with Gasteiger partial charge in [0.1, 0.15) is 17.5 Å². The van der Waals surface area contributed by atoms with Crippen molar-refractivity contribution < 1.29 is 9.47 Å². The lowest BCUT2D eigenvalue weighted by atomic mass is 10.1. The second-order valence-electron chi connectivity index (χ2n) is 4.56. The number of rotatable bonds is 6. The summed E-state index contributed by atoms with van der Waals surface area (Å²) in [6.45, 7) is 0.567. The van der Waals surface area contributed by atoms with Gasteiger partial charge in [0.2, 0.25) is 5.95 Å². The maximum Gasteiger partial charge on any atom is 0.222 e. The highest BCUT2D eigenvalue weighted by molar-refractivity contribution is 9.09. The van der Waals surface area contributed by atoms with Crippen molar-refractivity contribution in [2.75, 3.05) is 30.5 Å². The van der Waals surface area contributed by atoms with Crippen LogP contribution in [-0.2, 0) is 0 Å². The lowest BCUT2D eigenvalue weighted by Crippen LogP contribution is -2.05. The predicted octanol–water partition coefficient (Wildman–Crippen LogP) is 2.35. The van der Waals surface area contributed by atoms with E-state index in [2.05, 4.69) is 25.9 Å². The number of aromatic nitrogens is 2. The molecule has 0 fully saturated rings. The lowest BCUT2D eigenvalue weighted by Gasteiger charge is -2.12. The average Bonchev–Trinajstić information content (AvgIpc) is 2.54. The van der Waals surface area contributed by atoms with E-state index in [9.17, 15) is 5.26 Å². The molecule has 1 heterocycles. The Morgan fingerprint density at radius 2 is 2.04 bits per heavy atom. The van der Waals surface area contributed by atoms with Crippen LogP contribution in [0.25, 0.3) is 11.3 Å². The molecule has 2 rings (SSSR count). The summed E-state index contributed by atoms with van der Waals surface area (Å²) >= 11 is 3.35. The number of hydrogen-bond donors (Lipinski definition) is 2. The molecular formula is C15H16BrN5O2. The molecule has 0 aliphatic rings. The van der Waals surface area contributed by atoms with Gasteiger partial charge in [-0.3, -0.25) is 0 Å². The Kier molecular flexibility index (Phi) is 5.60. The zero-order valence-corrected chi connectivity index (χ0v) is 14.1. The number of ether oxygens (including phenoxy) is 2. The summed E-state index contributed by atoms with van der Waals surface area (Å²) in [6.07, 6.45) is 0.877. The summed E-state index contributed by atoms with van der Waals surface area (Å²) in [7, 11) is 1.55. The molecule has 0 aliphatic heterocycles. The van der Waals surface area contributed by atoms with Crippen molar-refractivity contribution in [3.05, 3.63) is 23.8 Å². The van der Waals surface area contributed by atoms with Crippen molar-refractivity contribution in [1.82, 2.24) is 9.97 Å². The van der Waals surface area contributed by atoms with Crippen molar-refractivity contribution in [1.29, 1.82) is 5.26 Å². The molecule has 120 valence electrons. The first-order chi connectivity index (χ1) is 11.1. The molecule has 0 bridgehead atoms. The zero-order chi connectivity index (χ0) is 16.8. The van der Waals surface area contributed by atoms with Crippen LogP contribution in [0.2, 0.25) is 0 Å². The molecule has 0 saturated heterocycles. The number of benzene rings is 1. The highest BCUT2D eigenvalue weighted by Gasteiger charge is 2.15.